The molecule has 2 aromatic heterocycles. The fourth-order valence-electron chi connectivity index (χ4n) is 4.58. The van der Waals surface area contributed by atoms with Gasteiger partial charge in [0.25, 0.3) is 5.56 Å². The Morgan fingerprint density at radius 1 is 1.00 bits per heavy atom. The summed E-state index contributed by atoms with van der Waals surface area (Å²) in [7, 11) is 0. The van der Waals surface area contributed by atoms with Gasteiger partial charge in [0.05, 0.1) is 6.04 Å². The molecule has 0 radical (unpaired) electrons. The number of rotatable bonds is 11. The molecule has 12 heteroatoms. The Morgan fingerprint density at radius 2 is 1.66 bits per heavy atom. The molecular weight excluding hydrogens is 585 g/mol. The highest BCUT2D eigenvalue weighted by Gasteiger charge is 2.28. The number of benzene rings is 3. The van der Waals surface area contributed by atoms with Crippen molar-refractivity contribution in [1.29, 1.82) is 0 Å². The lowest BCUT2D eigenvalue weighted by Crippen LogP contribution is -2.44. The normalized spacial score (nSPS) is 12.3. The number of ether oxygens (including phenoxy) is 1. The van der Waals surface area contributed by atoms with Gasteiger partial charge in [-0.25, -0.2) is 19.2 Å². The summed E-state index contributed by atoms with van der Waals surface area (Å²) in [5, 5.41) is 16.0. The molecule has 2 unspecified atom stereocenters. The number of halogens is 1. The quantitative estimate of drug-likeness (QED) is 0.190. The number of nitrogens with two attached hydrogens (primary N) is 1. The molecule has 10 nitrogen and oxygen atoms in total. The van der Waals surface area contributed by atoms with Crippen LogP contribution in [0.15, 0.2) is 101 Å². The van der Waals surface area contributed by atoms with E-state index in [0.717, 1.165) is 10.1 Å². The molecule has 0 fully saturated rings. The number of amides is 1. The number of carbonyl (C=O) groups excluding carboxylic acids is 2. The minimum absolute atomic E-state index is 0.0534. The molecule has 2 atom stereocenters. The van der Waals surface area contributed by atoms with Crippen molar-refractivity contribution >= 4 is 29.0 Å². The third-order valence-corrected chi connectivity index (χ3v) is 7.59. The summed E-state index contributed by atoms with van der Waals surface area (Å²) in [6.07, 6.45) is 0.683. The van der Waals surface area contributed by atoms with Gasteiger partial charge in [0.2, 0.25) is 5.91 Å². The van der Waals surface area contributed by atoms with E-state index in [4.69, 9.17) is 10.5 Å². The van der Waals surface area contributed by atoms with E-state index < -0.39 is 53.3 Å². The summed E-state index contributed by atoms with van der Waals surface area (Å²) in [6.45, 7) is -0.706. The third kappa shape index (κ3) is 7.22. The highest BCUT2D eigenvalue weighted by Crippen LogP contribution is 2.23. The van der Waals surface area contributed by atoms with Crippen LogP contribution in [0, 0.1) is 5.82 Å². The molecule has 2 heterocycles. The molecule has 0 aliphatic carbocycles. The molecule has 4 N–H and O–H groups in total. The van der Waals surface area contributed by atoms with Gasteiger partial charge in [-0.3, -0.25) is 14.2 Å². The summed E-state index contributed by atoms with van der Waals surface area (Å²) in [6, 6.07) is 22.4. The summed E-state index contributed by atoms with van der Waals surface area (Å²) in [5.41, 5.74) is 6.47. The van der Waals surface area contributed by atoms with E-state index in [-0.39, 0.29) is 24.4 Å². The van der Waals surface area contributed by atoms with Crippen molar-refractivity contribution in [2.75, 3.05) is 5.73 Å². The molecule has 5 rings (SSSR count). The summed E-state index contributed by atoms with van der Waals surface area (Å²) in [5.74, 6) is -2.63. The maximum absolute atomic E-state index is 13.8. The van der Waals surface area contributed by atoms with Gasteiger partial charge >= 0.3 is 5.97 Å². The maximum atomic E-state index is 13.8. The molecule has 0 spiro atoms. The fraction of sp³-hybridized carbons (Fsp3) is 0.156. The first-order valence-electron chi connectivity index (χ1n) is 13.6. The van der Waals surface area contributed by atoms with Crippen LogP contribution in [0.4, 0.5) is 10.2 Å². The molecule has 1 amide bonds. The second-order valence-corrected chi connectivity index (χ2v) is 10.8. The number of thiazole rings is 1. The van der Waals surface area contributed by atoms with Crippen molar-refractivity contribution in [2.24, 2.45) is 0 Å². The van der Waals surface area contributed by atoms with E-state index in [1.165, 1.54) is 35.6 Å². The van der Waals surface area contributed by atoms with Gasteiger partial charge in [-0.1, -0.05) is 60.7 Å². The van der Waals surface area contributed by atoms with Crippen LogP contribution >= 0.6 is 11.3 Å². The number of hydrogen-bond acceptors (Lipinski definition) is 9. The number of nitrogens with zero attached hydrogens (tertiary/aromatic N) is 3. The Balaban J connectivity index is 1.47. The standard InChI is InChI=1S/C32H28FN5O5S/c33-23-13-11-22(12-14-23)29-37-28(34)26(32(42)43-19-21-9-5-2-6-10-21)31(41)38(29)18-25(39)36-24(17-20-7-3-1-4-8-20)27(40)30-35-15-16-44-30/h1-16,24,27,40H,17-19,34H2,(H,36,39). The predicted molar refractivity (Wildman–Crippen MR) is 163 cm³/mol. The van der Waals surface area contributed by atoms with Crippen molar-refractivity contribution in [3.63, 3.8) is 0 Å². The number of aliphatic hydroxyl groups excluding tert-OH is 1. The average Bonchev–Trinajstić information content (AvgIpc) is 3.57. The van der Waals surface area contributed by atoms with Crippen LogP contribution in [0.5, 0.6) is 0 Å². The van der Waals surface area contributed by atoms with Crippen LogP contribution < -0.4 is 16.6 Å². The first-order chi connectivity index (χ1) is 21.3. The van der Waals surface area contributed by atoms with Gasteiger partial charge in [-0.05, 0) is 41.8 Å². The van der Waals surface area contributed by atoms with Gasteiger partial charge in [-0.15, -0.1) is 11.3 Å². The van der Waals surface area contributed by atoms with Crippen LogP contribution in [-0.4, -0.2) is 37.6 Å². The number of carbonyl (C=O) groups is 2. The number of aliphatic hydroxyl groups is 1. The van der Waals surface area contributed by atoms with Crippen LogP contribution in [0.2, 0.25) is 0 Å². The van der Waals surface area contributed by atoms with Gasteiger partial charge in [0.15, 0.2) is 5.56 Å². The number of nitrogen functional groups attached to an aromatic ring is 1. The lowest BCUT2D eigenvalue weighted by molar-refractivity contribution is -0.123. The molecule has 224 valence electrons. The molecule has 0 saturated carbocycles. The van der Waals surface area contributed by atoms with Gasteiger partial charge in [0.1, 0.15) is 41.7 Å². The molecule has 0 saturated heterocycles. The average molecular weight is 614 g/mol. The molecule has 0 aliphatic rings. The van der Waals surface area contributed by atoms with Crippen LogP contribution in [-0.2, 0) is 29.1 Å². The highest BCUT2D eigenvalue weighted by molar-refractivity contribution is 7.09. The minimum Gasteiger partial charge on any atom is -0.457 e. The zero-order valence-electron chi connectivity index (χ0n) is 23.3. The largest absolute Gasteiger partial charge is 0.457 e. The first kappa shape index (κ1) is 30.3. The van der Waals surface area contributed by atoms with Gasteiger partial charge in [-0.2, -0.15) is 0 Å². The van der Waals surface area contributed by atoms with Gasteiger partial charge < -0.3 is 20.9 Å². The van der Waals surface area contributed by atoms with Crippen LogP contribution in [0.1, 0.15) is 32.6 Å². The van der Waals surface area contributed by atoms with E-state index in [1.807, 2.05) is 36.4 Å². The van der Waals surface area contributed by atoms with E-state index in [1.54, 1.807) is 35.8 Å². The zero-order chi connectivity index (χ0) is 31.1. The molecular formula is C32H28FN5O5S. The fourth-order valence-corrected chi connectivity index (χ4v) is 5.27. The highest BCUT2D eigenvalue weighted by atomic mass is 32.1. The Kier molecular flexibility index (Phi) is 9.52. The molecule has 5 aromatic rings. The van der Waals surface area contributed by atoms with Crippen molar-refractivity contribution in [1.82, 2.24) is 19.9 Å². The number of esters is 1. The first-order valence-corrected chi connectivity index (χ1v) is 14.5. The lowest BCUT2D eigenvalue weighted by Gasteiger charge is -2.24. The zero-order valence-corrected chi connectivity index (χ0v) is 24.1. The van der Waals surface area contributed by atoms with Gasteiger partial charge in [0, 0.05) is 17.1 Å². The second-order valence-electron chi connectivity index (χ2n) is 9.83. The Bertz CT molecular complexity index is 1780. The summed E-state index contributed by atoms with van der Waals surface area (Å²) in [4.78, 5) is 48.8. The van der Waals surface area contributed by atoms with Crippen molar-refractivity contribution in [3.8, 4) is 11.4 Å². The molecule has 44 heavy (non-hydrogen) atoms. The van der Waals surface area contributed by atoms with E-state index in [2.05, 4.69) is 15.3 Å². The van der Waals surface area contributed by atoms with E-state index in [0.29, 0.717) is 10.6 Å². The Hall–Kier alpha value is -5.20. The van der Waals surface area contributed by atoms with E-state index in [9.17, 15) is 23.9 Å². The van der Waals surface area contributed by atoms with Crippen molar-refractivity contribution in [2.45, 2.75) is 31.7 Å². The van der Waals surface area contributed by atoms with Crippen LogP contribution in [0.3, 0.4) is 0 Å². The summed E-state index contributed by atoms with van der Waals surface area (Å²) < 4.78 is 20.0. The number of hydrogen-bond donors (Lipinski definition) is 3. The topological polar surface area (TPSA) is 149 Å². The van der Waals surface area contributed by atoms with Crippen molar-refractivity contribution < 1.29 is 23.8 Å². The van der Waals surface area contributed by atoms with Crippen LogP contribution in [0.25, 0.3) is 11.4 Å². The smallest absolute Gasteiger partial charge is 0.347 e. The maximum Gasteiger partial charge on any atom is 0.347 e. The summed E-state index contributed by atoms with van der Waals surface area (Å²) >= 11 is 1.24. The molecule has 0 bridgehead atoms. The second kappa shape index (κ2) is 13.8. The SMILES string of the molecule is Nc1nc(-c2ccc(F)cc2)n(CC(=O)NC(Cc2ccccc2)C(O)c2nccs2)c(=O)c1C(=O)OCc1ccccc1. The minimum atomic E-state index is -1.14. The predicted octanol–water partition coefficient (Wildman–Crippen LogP) is 3.91. The van der Waals surface area contributed by atoms with E-state index >= 15 is 0 Å². The molecule has 3 aromatic carbocycles. The number of nitrogens with one attached hydrogen (secondary N) is 1. The third-order valence-electron chi connectivity index (χ3n) is 6.75. The Morgan fingerprint density at radius 3 is 2.30 bits per heavy atom. The lowest BCUT2D eigenvalue weighted by atomic mass is 10.0. The number of anilines is 1. The number of aromatic nitrogens is 3. The van der Waals surface area contributed by atoms with Crippen molar-refractivity contribution in [3.05, 3.63) is 134 Å². The molecule has 0 aliphatic heterocycles. The Labute approximate surface area is 255 Å². The monoisotopic (exact) mass is 613 g/mol.